The van der Waals surface area contributed by atoms with E-state index in [2.05, 4.69) is 0 Å². The van der Waals surface area contributed by atoms with Gasteiger partial charge in [-0.15, -0.1) is 0 Å². The molecule has 6 heteroatoms. The third-order valence-electron chi connectivity index (χ3n) is 2.94. The summed E-state index contributed by atoms with van der Waals surface area (Å²) in [7, 11) is 4.61. The summed E-state index contributed by atoms with van der Waals surface area (Å²) in [6.45, 7) is 5.16. The molecule has 1 aromatic rings. The molecule has 117 valence electrons. The van der Waals surface area contributed by atoms with Gasteiger partial charge in [-0.1, -0.05) is 0 Å². The minimum Gasteiger partial charge on any atom is -0.493 e. The number of ether oxygens (including phenoxy) is 3. The van der Waals surface area contributed by atoms with Crippen LogP contribution in [-0.2, 0) is 14.5 Å². The quantitative estimate of drug-likeness (QED) is 0.418. The molecule has 0 aliphatic carbocycles. The number of hydrogen-bond acceptors (Lipinski definition) is 6. The zero-order valence-electron chi connectivity index (χ0n) is 13.0. The van der Waals surface area contributed by atoms with Gasteiger partial charge in [0.15, 0.2) is 11.5 Å². The second-order valence-corrected chi connectivity index (χ2v) is 4.87. The molecule has 0 heterocycles. The molecule has 0 atom stereocenters. The van der Waals surface area contributed by atoms with Crippen LogP contribution in [0.3, 0.4) is 0 Å². The molecule has 21 heavy (non-hydrogen) atoms. The van der Waals surface area contributed by atoms with Gasteiger partial charge in [0, 0.05) is 13.5 Å². The molecule has 0 unspecified atom stereocenters. The molecule has 0 spiro atoms. The van der Waals surface area contributed by atoms with Gasteiger partial charge in [0.1, 0.15) is 6.61 Å². The van der Waals surface area contributed by atoms with Crippen LogP contribution in [0.5, 0.6) is 11.5 Å². The average Bonchev–Trinajstić information content (AvgIpc) is 2.50. The first-order valence-corrected chi connectivity index (χ1v) is 6.40. The lowest BCUT2D eigenvalue weighted by atomic mass is 10.1. The van der Waals surface area contributed by atoms with Crippen LogP contribution in [0.2, 0.25) is 0 Å². The van der Waals surface area contributed by atoms with Gasteiger partial charge in [-0.05, 0) is 32.0 Å². The fourth-order valence-corrected chi connectivity index (χ4v) is 1.41. The standard InChI is InChI=1S/C15H21O6/c1-15(2,19-5)8-9-20-21-14(16)11-6-7-12(17-3)13(10-11)18-4/h6-7,9-10H,8H2,1-5H3. The Hall–Kier alpha value is -1.79. The highest BCUT2D eigenvalue weighted by molar-refractivity contribution is 5.89. The molecule has 0 aliphatic heterocycles. The Balaban J connectivity index is 2.53. The van der Waals surface area contributed by atoms with Crippen LogP contribution in [0.1, 0.15) is 30.6 Å². The summed E-state index contributed by atoms with van der Waals surface area (Å²) in [4.78, 5) is 21.3. The Kier molecular flexibility index (Phi) is 6.45. The first-order valence-electron chi connectivity index (χ1n) is 6.40. The monoisotopic (exact) mass is 297 g/mol. The summed E-state index contributed by atoms with van der Waals surface area (Å²) in [6, 6.07) is 4.70. The molecule has 0 saturated carbocycles. The van der Waals surface area contributed by atoms with E-state index in [1.165, 1.54) is 26.9 Å². The first-order chi connectivity index (χ1) is 9.93. The fourth-order valence-electron chi connectivity index (χ4n) is 1.41. The molecule has 0 amide bonds. The van der Waals surface area contributed by atoms with Crippen molar-refractivity contribution in [2.75, 3.05) is 21.3 Å². The van der Waals surface area contributed by atoms with Crippen LogP contribution in [-0.4, -0.2) is 32.9 Å². The predicted molar refractivity (Wildman–Crippen MR) is 76.1 cm³/mol. The molecule has 0 fully saturated rings. The van der Waals surface area contributed by atoms with Crippen LogP contribution in [0.25, 0.3) is 0 Å². The molecule has 6 nitrogen and oxygen atoms in total. The summed E-state index contributed by atoms with van der Waals surface area (Å²) in [5, 5.41) is 0. The minimum absolute atomic E-state index is 0.298. The molecule has 1 rings (SSSR count). The zero-order valence-corrected chi connectivity index (χ0v) is 13.0. The fraction of sp³-hybridized carbons (Fsp3) is 0.467. The highest BCUT2D eigenvalue weighted by Gasteiger charge is 2.18. The van der Waals surface area contributed by atoms with Crippen molar-refractivity contribution in [3.05, 3.63) is 30.4 Å². The number of benzene rings is 1. The van der Waals surface area contributed by atoms with E-state index < -0.39 is 5.97 Å². The third kappa shape index (κ3) is 5.24. The van der Waals surface area contributed by atoms with E-state index in [4.69, 9.17) is 24.0 Å². The maximum Gasteiger partial charge on any atom is 0.373 e. The highest BCUT2D eigenvalue weighted by Crippen LogP contribution is 2.27. The lowest BCUT2D eigenvalue weighted by molar-refractivity contribution is -0.218. The Bertz CT molecular complexity index is 469. The van der Waals surface area contributed by atoms with Crippen molar-refractivity contribution in [2.45, 2.75) is 25.9 Å². The summed E-state index contributed by atoms with van der Waals surface area (Å²) in [6.07, 6.45) is 0.475. The SMILES string of the molecule is COc1ccc(C(=O)OO[CH]CC(C)(C)OC)cc1OC. The largest absolute Gasteiger partial charge is 0.493 e. The molecule has 1 aromatic carbocycles. The molecule has 1 radical (unpaired) electrons. The van der Waals surface area contributed by atoms with Crippen molar-refractivity contribution in [2.24, 2.45) is 0 Å². The molecular formula is C15H21O6. The number of carbonyl (C=O) groups is 1. The van der Waals surface area contributed by atoms with Crippen LogP contribution >= 0.6 is 0 Å². The second kappa shape index (κ2) is 7.85. The van der Waals surface area contributed by atoms with Crippen LogP contribution in [0, 0.1) is 6.61 Å². The molecule has 0 aromatic heterocycles. The van der Waals surface area contributed by atoms with Gasteiger partial charge in [0.05, 0.1) is 25.4 Å². The van der Waals surface area contributed by atoms with Crippen molar-refractivity contribution < 1.29 is 28.8 Å². The predicted octanol–water partition coefficient (Wildman–Crippen LogP) is 2.77. The lowest BCUT2D eigenvalue weighted by Crippen LogP contribution is -2.22. The average molecular weight is 297 g/mol. The first kappa shape index (κ1) is 17.3. The summed E-state index contributed by atoms with van der Waals surface area (Å²) >= 11 is 0. The van der Waals surface area contributed by atoms with E-state index >= 15 is 0 Å². The van der Waals surface area contributed by atoms with Gasteiger partial charge in [-0.3, -0.25) is 4.89 Å². The molecule has 0 N–H and O–H groups in total. The van der Waals surface area contributed by atoms with Gasteiger partial charge < -0.3 is 14.2 Å². The molecule has 0 saturated heterocycles. The normalized spacial score (nSPS) is 11.1. The second-order valence-electron chi connectivity index (χ2n) is 4.87. The Morgan fingerprint density at radius 1 is 1.14 bits per heavy atom. The molecule has 0 bridgehead atoms. The maximum absolute atomic E-state index is 11.8. The van der Waals surface area contributed by atoms with E-state index in [1.807, 2.05) is 13.8 Å². The zero-order chi connectivity index (χ0) is 15.9. The summed E-state index contributed by atoms with van der Waals surface area (Å²) < 4.78 is 15.4. The Morgan fingerprint density at radius 3 is 2.38 bits per heavy atom. The smallest absolute Gasteiger partial charge is 0.373 e. The minimum atomic E-state index is -0.623. The summed E-state index contributed by atoms with van der Waals surface area (Å²) in [5.74, 6) is 0.349. The van der Waals surface area contributed by atoms with Crippen molar-refractivity contribution in [3.63, 3.8) is 0 Å². The van der Waals surface area contributed by atoms with Crippen molar-refractivity contribution >= 4 is 5.97 Å². The van der Waals surface area contributed by atoms with Gasteiger partial charge in [-0.2, -0.15) is 4.89 Å². The topological polar surface area (TPSA) is 63.2 Å². The number of methoxy groups -OCH3 is 3. The van der Waals surface area contributed by atoms with Crippen LogP contribution < -0.4 is 9.47 Å². The Morgan fingerprint density at radius 2 is 1.81 bits per heavy atom. The van der Waals surface area contributed by atoms with E-state index in [1.54, 1.807) is 19.2 Å². The number of hydrogen-bond donors (Lipinski definition) is 0. The van der Waals surface area contributed by atoms with E-state index in [9.17, 15) is 4.79 Å². The molecule has 0 aliphatic rings. The van der Waals surface area contributed by atoms with Crippen LogP contribution in [0.15, 0.2) is 18.2 Å². The van der Waals surface area contributed by atoms with Gasteiger partial charge in [-0.25, -0.2) is 4.79 Å². The van der Waals surface area contributed by atoms with Gasteiger partial charge in [0.25, 0.3) is 0 Å². The van der Waals surface area contributed by atoms with Crippen molar-refractivity contribution in [3.8, 4) is 11.5 Å². The van der Waals surface area contributed by atoms with E-state index in [-0.39, 0.29) is 5.60 Å². The lowest BCUT2D eigenvalue weighted by Gasteiger charge is -2.21. The Labute approximate surface area is 124 Å². The van der Waals surface area contributed by atoms with Crippen molar-refractivity contribution in [1.82, 2.24) is 0 Å². The molecular weight excluding hydrogens is 276 g/mol. The van der Waals surface area contributed by atoms with Gasteiger partial charge in [0.2, 0.25) is 0 Å². The number of carbonyl (C=O) groups excluding carboxylic acids is 1. The maximum atomic E-state index is 11.8. The number of rotatable bonds is 8. The summed E-state index contributed by atoms with van der Waals surface area (Å²) in [5.41, 5.74) is -0.0810. The van der Waals surface area contributed by atoms with Gasteiger partial charge >= 0.3 is 5.97 Å². The van der Waals surface area contributed by atoms with E-state index in [0.717, 1.165) is 0 Å². The van der Waals surface area contributed by atoms with Crippen LogP contribution in [0.4, 0.5) is 0 Å². The van der Waals surface area contributed by atoms with E-state index in [0.29, 0.717) is 23.5 Å². The van der Waals surface area contributed by atoms with Crippen molar-refractivity contribution in [1.29, 1.82) is 0 Å². The third-order valence-corrected chi connectivity index (χ3v) is 2.94. The highest BCUT2D eigenvalue weighted by atomic mass is 17.2.